The molecule has 0 aromatic carbocycles. The smallest absolute Gasteiger partial charge is 0.171 e. The van der Waals surface area contributed by atoms with Crippen molar-refractivity contribution in [1.82, 2.24) is 19.9 Å². The molecule has 88 valence electrons. The molecule has 2 heterocycles. The molecule has 0 N–H and O–H groups in total. The first-order valence-electron chi connectivity index (χ1n) is 5.93. The molecule has 5 heteroatoms. The third-order valence-electron chi connectivity index (χ3n) is 3.12. The van der Waals surface area contributed by atoms with Gasteiger partial charge in [-0.1, -0.05) is 12.1 Å². The van der Waals surface area contributed by atoms with E-state index in [0.29, 0.717) is 11.7 Å². The number of nitrogens with zero attached hydrogens (tertiary/aromatic N) is 4. The molecule has 16 heavy (non-hydrogen) atoms. The molecular formula is C11H18N4O. The summed E-state index contributed by atoms with van der Waals surface area (Å²) in [6.07, 6.45) is 5.90. The summed E-state index contributed by atoms with van der Waals surface area (Å²) in [5.74, 6) is 0. The highest BCUT2D eigenvalue weighted by molar-refractivity contribution is 5.70. The van der Waals surface area contributed by atoms with Crippen molar-refractivity contribution in [3.8, 4) is 0 Å². The first kappa shape index (κ1) is 11.3. The van der Waals surface area contributed by atoms with Gasteiger partial charge < -0.3 is 4.90 Å². The van der Waals surface area contributed by atoms with E-state index in [0.717, 1.165) is 32.2 Å². The Kier molecular flexibility index (Phi) is 3.66. The number of hydrogen-bond acceptors (Lipinski definition) is 4. The van der Waals surface area contributed by atoms with Crippen molar-refractivity contribution in [2.75, 3.05) is 19.6 Å². The maximum absolute atomic E-state index is 10.5. The molecule has 1 fully saturated rings. The van der Waals surface area contributed by atoms with Crippen LogP contribution in [0.2, 0.25) is 0 Å². The second-order valence-electron chi connectivity index (χ2n) is 4.31. The van der Waals surface area contributed by atoms with Crippen LogP contribution in [0.4, 0.5) is 0 Å². The van der Waals surface area contributed by atoms with Gasteiger partial charge in [-0.15, -0.1) is 5.10 Å². The van der Waals surface area contributed by atoms with Crippen molar-refractivity contribution >= 4 is 6.29 Å². The molecular weight excluding hydrogens is 204 g/mol. The standard InChI is InChI=1S/C11H18N4O/c1-2-5-14-6-3-11(4-7-14)15-8-10(9-16)12-13-15/h8-9,11H,2-7H2,1H3. The lowest BCUT2D eigenvalue weighted by Gasteiger charge is -2.31. The van der Waals surface area contributed by atoms with Crippen molar-refractivity contribution < 1.29 is 4.79 Å². The number of hydrogen-bond donors (Lipinski definition) is 0. The van der Waals surface area contributed by atoms with Crippen LogP contribution in [-0.2, 0) is 0 Å². The van der Waals surface area contributed by atoms with Gasteiger partial charge in [-0.25, -0.2) is 4.68 Å². The van der Waals surface area contributed by atoms with Gasteiger partial charge in [-0.3, -0.25) is 4.79 Å². The Morgan fingerprint density at radius 3 is 2.81 bits per heavy atom. The highest BCUT2D eigenvalue weighted by Gasteiger charge is 2.20. The fourth-order valence-electron chi connectivity index (χ4n) is 2.25. The summed E-state index contributed by atoms with van der Waals surface area (Å²) < 4.78 is 1.84. The maximum atomic E-state index is 10.5. The average Bonchev–Trinajstić information content (AvgIpc) is 2.79. The summed E-state index contributed by atoms with van der Waals surface area (Å²) in [5.41, 5.74) is 0.427. The monoisotopic (exact) mass is 222 g/mol. The van der Waals surface area contributed by atoms with E-state index in [9.17, 15) is 4.79 Å². The molecule has 1 aliphatic rings. The van der Waals surface area contributed by atoms with Crippen LogP contribution in [0.25, 0.3) is 0 Å². The average molecular weight is 222 g/mol. The van der Waals surface area contributed by atoms with E-state index in [1.54, 1.807) is 6.20 Å². The minimum absolute atomic E-state index is 0.411. The number of likely N-dealkylation sites (tertiary alicyclic amines) is 1. The maximum Gasteiger partial charge on any atom is 0.171 e. The van der Waals surface area contributed by atoms with Crippen LogP contribution in [0.3, 0.4) is 0 Å². The van der Waals surface area contributed by atoms with Crippen LogP contribution in [-0.4, -0.2) is 45.8 Å². The molecule has 1 saturated heterocycles. The third-order valence-corrected chi connectivity index (χ3v) is 3.12. The third kappa shape index (κ3) is 2.47. The Morgan fingerprint density at radius 2 is 2.25 bits per heavy atom. The zero-order valence-electron chi connectivity index (χ0n) is 9.67. The lowest BCUT2D eigenvalue weighted by Crippen LogP contribution is -2.35. The first-order valence-corrected chi connectivity index (χ1v) is 5.93. The predicted octanol–water partition coefficient (Wildman–Crippen LogP) is 1.14. The van der Waals surface area contributed by atoms with E-state index in [-0.39, 0.29) is 0 Å². The number of aromatic nitrogens is 3. The lowest BCUT2D eigenvalue weighted by molar-refractivity contribution is 0.111. The molecule has 1 aromatic heterocycles. The Bertz CT molecular complexity index is 342. The second-order valence-corrected chi connectivity index (χ2v) is 4.31. The Morgan fingerprint density at radius 1 is 1.50 bits per heavy atom. The molecule has 1 aromatic rings. The summed E-state index contributed by atoms with van der Waals surface area (Å²) >= 11 is 0. The quantitative estimate of drug-likeness (QED) is 0.717. The van der Waals surface area contributed by atoms with Crippen LogP contribution in [0.5, 0.6) is 0 Å². The van der Waals surface area contributed by atoms with Gasteiger partial charge in [-0.2, -0.15) is 0 Å². The summed E-state index contributed by atoms with van der Waals surface area (Å²) in [7, 11) is 0. The molecule has 0 bridgehead atoms. The van der Waals surface area contributed by atoms with E-state index in [1.165, 1.54) is 13.0 Å². The van der Waals surface area contributed by atoms with Crippen LogP contribution >= 0.6 is 0 Å². The topological polar surface area (TPSA) is 51.0 Å². The predicted molar refractivity (Wildman–Crippen MR) is 60.4 cm³/mol. The fourth-order valence-corrected chi connectivity index (χ4v) is 2.25. The number of carbonyl (C=O) groups is 1. The van der Waals surface area contributed by atoms with Gasteiger partial charge >= 0.3 is 0 Å². The number of piperidine rings is 1. The highest BCUT2D eigenvalue weighted by atomic mass is 16.1. The van der Waals surface area contributed by atoms with Gasteiger partial charge in [0.1, 0.15) is 5.69 Å². The summed E-state index contributed by atoms with van der Waals surface area (Å²) in [4.78, 5) is 13.0. The Hall–Kier alpha value is -1.23. The largest absolute Gasteiger partial charge is 0.303 e. The molecule has 5 nitrogen and oxygen atoms in total. The molecule has 0 saturated carbocycles. The van der Waals surface area contributed by atoms with Crippen molar-refractivity contribution in [3.63, 3.8) is 0 Å². The molecule has 2 rings (SSSR count). The summed E-state index contributed by atoms with van der Waals surface area (Å²) in [5, 5.41) is 7.80. The van der Waals surface area contributed by atoms with Crippen LogP contribution in [0, 0.1) is 0 Å². The molecule has 0 atom stereocenters. The van der Waals surface area contributed by atoms with Gasteiger partial charge in [0, 0.05) is 13.1 Å². The van der Waals surface area contributed by atoms with Crippen LogP contribution < -0.4 is 0 Å². The van der Waals surface area contributed by atoms with Crippen LogP contribution in [0.1, 0.15) is 42.7 Å². The molecule has 0 aliphatic carbocycles. The van der Waals surface area contributed by atoms with E-state index >= 15 is 0 Å². The molecule has 0 amide bonds. The summed E-state index contributed by atoms with van der Waals surface area (Å²) in [6, 6.07) is 0.411. The normalized spacial score (nSPS) is 18.8. The van der Waals surface area contributed by atoms with Crippen molar-refractivity contribution in [2.24, 2.45) is 0 Å². The van der Waals surface area contributed by atoms with E-state index in [2.05, 4.69) is 22.1 Å². The molecule has 0 radical (unpaired) electrons. The zero-order chi connectivity index (χ0) is 11.4. The van der Waals surface area contributed by atoms with E-state index in [1.807, 2.05) is 4.68 Å². The zero-order valence-corrected chi connectivity index (χ0v) is 9.67. The van der Waals surface area contributed by atoms with Gasteiger partial charge in [0.2, 0.25) is 0 Å². The Labute approximate surface area is 95.4 Å². The Balaban J connectivity index is 1.91. The number of carbonyl (C=O) groups excluding carboxylic acids is 1. The van der Waals surface area contributed by atoms with Crippen molar-refractivity contribution in [1.29, 1.82) is 0 Å². The van der Waals surface area contributed by atoms with Gasteiger partial charge in [-0.05, 0) is 25.8 Å². The fraction of sp³-hybridized carbons (Fsp3) is 0.727. The van der Waals surface area contributed by atoms with Gasteiger partial charge in [0.05, 0.1) is 12.2 Å². The lowest BCUT2D eigenvalue weighted by atomic mass is 10.1. The highest BCUT2D eigenvalue weighted by Crippen LogP contribution is 2.21. The minimum atomic E-state index is 0.411. The van der Waals surface area contributed by atoms with Crippen LogP contribution in [0.15, 0.2) is 6.20 Å². The van der Waals surface area contributed by atoms with Crippen molar-refractivity contribution in [3.05, 3.63) is 11.9 Å². The van der Waals surface area contributed by atoms with E-state index in [4.69, 9.17) is 0 Å². The molecule has 1 aliphatic heterocycles. The van der Waals surface area contributed by atoms with Gasteiger partial charge in [0.25, 0.3) is 0 Å². The molecule has 0 unspecified atom stereocenters. The van der Waals surface area contributed by atoms with E-state index < -0.39 is 0 Å². The minimum Gasteiger partial charge on any atom is -0.303 e. The molecule has 0 spiro atoms. The van der Waals surface area contributed by atoms with Gasteiger partial charge in [0.15, 0.2) is 6.29 Å². The number of rotatable bonds is 4. The summed E-state index contributed by atoms with van der Waals surface area (Å²) in [6.45, 7) is 5.63. The first-order chi connectivity index (χ1) is 7.83. The SMILES string of the molecule is CCCN1CCC(n2cc(C=O)nn2)CC1. The number of aldehydes is 1. The second kappa shape index (κ2) is 5.21. The van der Waals surface area contributed by atoms with Crippen molar-refractivity contribution in [2.45, 2.75) is 32.2 Å².